The van der Waals surface area contributed by atoms with Gasteiger partial charge in [-0.2, -0.15) is 0 Å². The van der Waals surface area contributed by atoms with Crippen molar-refractivity contribution in [3.63, 3.8) is 0 Å². The van der Waals surface area contributed by atoms with Gasteiger partial charge in [-0.25, -0.2) is 0 Å². The number of hydrogen-bond donors (Lipinski definition) is 1. The van der Waals surface area contributed by atoms with Crippen molar-refractivity contribution in [3.05, 3.63) is 35.6 Å². The number of carbonyl (C=O) groups is 1. The van der Waals surface area contributed by atoms with Crippen LogP contribution in [0.25, 0.3) is 11.0 Å². The van der Waals surface area contributed by atoms with E-state index in [2.05, 4.69) is 0 Å². The maximum absolute atomic E-state index is 12.5. The fourth-order valence-corrected chi connectivity index (χ4v) is 2.63. The zero-order valence-electron chi connectivity index (χ0n) is 10.6. The first kappa shape index (κ1) is 12.3. The summed E-state index contributed by atoms with van der Waals surface area (Å²) >= 11 is 0. The summed E-state index contributed by atoms with van der Waals surface area (Å²) in [6.07, 6.45) is -2.60. The maximum Gasteiger partial charge on any atom is 0.198 e. The van der Waals surface area contributed by atoms with Gasteiger partial charge in [0.1, 0.15) is 29.7 Å². The monoisotopic (exact) mass is 262 g/mol. The highest BCUT2D eigenvalue weighted by Crippen LogP contribution is 2.39. The number of para-hydroxylation sites is 1. The number of furan rings is 1. The van der Waals surface area contributed by atoms with E-state index in [-0.39, 0.29) is 11.5 Å². The predicted octanol–water partition coefficient (Wildman–Crippen LogP) is 1.69. The van der Waals surface area contributed by atoms with Crippen LogP contribution in [0.2, 0.25) is 0 Å². The fourth-order valence-electron chi connectivity index (χ4n) is 2.63. The van der Waals surface area contributed by atoms with Crippen molar-refractivity contribution < 1.29 is 23.8 Å². The number of hydrogen-bond acceptors (Lipinski definition) is 5. The Labute approximate surface area is 109 Å². The number of ketones is 1. The van der Waals surface area contributed by atoms with Gasteiger partial charge < -0.3 is 19.0 Å². The summed E-state index contributed by atoms with van der Waals surface area (Å²) in [5.74, 6) is 0.0333. The zero-order valence-corrected chi connectivity index (χ0v) is 10.6. The minimum absolute atomic E-state index is 0.223. The van der Waals surface area contributed by atoms with E-state index in [9.17, 15) is 9.90 Å². The molecule has 1 aliphatic rings. The Morgan fingerprint density at radius 2 is 1.95 bits per heavy atom. The maximum atomic E-state index is 12.5. The molecule has 19 heavy (non-hydrogen) atoms. The molecule has 0 bridgehead atoms. The van der Waals surface area contributed by atoms with Crippen molar-refractivity contribution in [3.8, 4) is 0 Å². The number of Topliss-reactive ketones (excluding diaryl/α,β-unsaturated/α-hetero) is 1. The van der Waals surface area contributed by atoms with Gasteiger partial charge in [0.15, 0.2) is 5.78 Å². The first-order chi connectivity index (χ1) is 9.19. The Morgan fingerprint density at radius 1 is 1.21 bits per heavy atom. The van der Waals surface area contributed by atoms with Crippen LogP contribution in [0.5, 0.6) is 0 Å². The third-order valence-electron chi connectivity index (χ3n) is 3.53. The van der Waals surface area contributed by atoms with Crippen LogP contribution in [0.3, 0.4) is 0 Å². The van der Waals surface area contributed by atoms with Crippen LogP contribution in [0, 0.1) is 0 Å². The Bertz CT molecular complexity index is 630. The van der Waals surface area contributed by atoms with E-state index in [1.165, 1.54) is 14.2 Å². The zero-order chi connectivity index (χ0) is 13.6. The van der Waals surface area contributed by atoms with E-state index < -0.39 is 18.3 Å². The predicted molar refractivity (Wildman–Crippen MR) is 67.1 cm³/mol. The fraction of sp³-hybridized carbons (Fsp3) is 0.357. The molecule has 0 radical (unpaired) electrons. The molecule has 3 atom stereocenters. The largest absolute Gasteiger partial charge is 0.457 e. The highest BCUT2D eigenvalue weighted by atomic mass is 16.5. The van der Waals surface area contributed by atoms with Gasteiger partial charge in [-0.1, -0.05) is 18.2 Å². The molecule has 100 valence electrons. The quantitative estimate of drug-likeness (QED) is 0.892. The van der Waals surface area contributed by atoms with Crippen molar-refractivity contribution in [1.82, 2.24) is 0 Å². The average Bonchev–Trinajstić information content (AvgIpc) is 2.82. The van der Waals surface area contributed by atoms with Crippen LogP contribution < -0.4 is 0 Å². The normalized spacial score (nSPS) is 26.7. The Hall–Kier alpha value is -1.69. The van der Waals surface area contributed by atoms with Crippen molar-refractivity contribution in [1.29, 1.82) is 0 Å². The second-order valence-corrected chi connectivity index (χ2v) is 4.50. The first-order valence-corrected chi connectivity index (χ1v) is 5.98. The topological polar surface area (TPSA) is 68.9 Å². The van der Waals surface area contributed by atoms with Gasteiger partial charge in [0.25, 0.3) is 0 Å². The lowest BCUT2D eigenvalue weighted by molar-refractivity contribution is -0.0933. The molecule has 0 fully saturated rings. The van der Waals surface area contributed by atoms with Gasteiger partial charge >= 0.3 is 0 Å². The molecular formula is C14H14O5. The lowest BCUT2D eigenvalue weighted by Crippen LogP contribution is -2.45. The molecule has 1 N–H and O–H groups in total. The number of benzene rings is 1. The number of carbonyl (C=O) groups excluding carboxylic acids is 1. The number of aliphatic hydroxyl groups excluding tert-OH is 1. The van der Waals surface area contributed by atoms with Crippen molar-refractivity contribution in [2.24, 2.45) is 0 Å². The van der Waals surface area contributed by atoms with Crippen LogP contribution in [0.15, 0.2) is 28.7 Å². The highest BCUT2D eigenvalue weighted by Gasteiger charge is 2.45. The van der Waals surface area contributed by atoms with Gasteiger partial charge in [0.2, 0.25) is 0 Å². The van der Waals surface area contributed by atoms with Gasteiger partial charge in [-0.05, 0) is 6.07 Å². The summed E-state index contributed by atoms with van der Waals surface area (Å²) in [5.41, 5.74) is 0.967. The molecule has 0 aliphatic heterocycles. The van der Waals surface area contributed by atoms with Crippen molar-refractivity contribution in [2.45, 2.75) is 18.3 Å². The number of ether oxygens (including phenoxy) is 2. The summed E-state index contributed by atoms with van der Waals surface area (Å²) in [7, 11) is 2.86. The van der Waals surface area contributed by atoms with E-state index in [1.54, 1.807) is 12.1 Å². The van der Waals surface area contributed by atoms with E-state index in [1.807, 2.05) is 12.1 Å². The summed E-state index contributed by atoms with van der Waals surface area (Å²) in [6, 6.07) is 7.19. The number of rotatable bonds is 2. The smallest absolute Gasteiger partial charge is 0.198 e. The second kappa shape index (κ2) is 4.45. The number of methoxy groups -OCH3 is 2. The van der Waals surface area contributed by atoms with E-state index in [4.69, 9.17) is 13.9 Å². The molecular weight excluding hydrogens is 248 g/mol. The van der Waals surface area contributed by atoms with Gasteiger partial charge in [-0.3, -0.25) is 4.79 Å². The van der Waals surface area contributed by atoms with E-state index in [0.29, 0.717) is 16.5 Å². The van der Waals surface area contributed by atoms with E-state index in [0.717, 1.165) is 0 Å². The van der Waals surface area contributed by atoms with Crippen LogP contribution in [-0.4, -0.2) is 37.3 Å². The molecule has 5 heteroatoms. The molecule has 3 rings (SSSR count). The minimum Gasteiger partial charge on any atom is -0.457 e. The Morgan fingerprint density at radius 3 is 2.63 bits per heavy atom. The van der Waals surface area contributed by atoms with Crippen molar-refractivity contribution in [2.75, 3.05) is 14.2 Å². The standard InChI is InChI=1S/C14H14O5/c1-17-13-10(15)9-7-5-3-4-6-8(7)19-12(9)11(16)14(13)18-2/h3-6,11,13-14,16H,1-2H3/t11-,13+,14-/m0/s1. The molecule has 1 heterocycles. The number of fused-ring (bicyclic) bond motifs is 3. The summed E-state index contributed by atoms with van der Waals surface area (Å²) in [4.78, 5) is 12.5. The second-order valence-electron chi connectivity index (χ2n) is 4.50. The van der Waals surface area contributed by atoms with Crippen LogP contribution in [-0.2, 0) is 9.47 Å². The molecule has 1 aromatic carbocycles. The Balaban J connectivity index is 2.25. The molecule has 5 nitrogen and oxygen atoms in total. The van der Waals surface area contributed by atoms with Crippen LogP contribution in [0.1, 0.15) is 22.2 Å². The van der Waals surface area contributed by atoms with Crippen molar-refractivity contribution >= 4 is 16.8 Å². The average molecular weight is 262 g/mol. The summed E-state index contributed by atoms with van der Waals surface area (Å²) in [6.45, 7) is 0. The molecule has 1 aromatic heterocycles. The lowest BCUT2D eigenvalue weighted by atomic mass is 9.88. The molecule has 0 spiro atoms. The van der Waals surface area contributed by atoms with E-state index >= 15 is 0 Å². The first-order valence-electron chi connectivity index (χ1n) is 5.98. The molecule has 1 aliphatic carbocycles. The van der Waals surface area contributed by atoms with Crippen LogP contribution in [0.4, 0.5) is 0 Å². The third-order valence-corrected chi connectivity index (χ3v) is 3.53. The highest BCUT2D eigenvalue weighted by molar-refractivity contribution is 6.11. The summed E-state index contributed by atoms with van der Waals surface area (Å²) in [5, 5.41) is 11.0. The lowest BCUT2D eigenvalue weighted by Gasteiger charge is -2.31. The molecule has 0 unspecified atom stereocenters. The SMILES string of the molecule is CO[C@@H]1[C@H](OC)C(=O)c2c(oc3ccccc23)[C@@H]1O. The summed E-state index contributed by atoms with van der Waals surface area (Å²) < 4.78 is 15.9. The van der Waals surface area contributed by atoms with Gasteiger partial charge in [0.05, 0.1) is 5.56 Å². The number of aliphatic hydroxyl groups is 1. The molecule has 2 aromatic rings. The minimum atomic E-state index is -1.02. The van der Waals surface area contributed by atoms with Gasteiger partial charge in [-0.15, -0.1) is 0 Å². The molecule has 0 saturated carbocycles. The molecule has 0 amide bonds. The molecule has 0 saturated heterocycles. The third kappa shape index (κ3) is 1.63. The Kier molecular flexibility index (Phi) is 2.89. The van der Waals surface area contributed by atoms with Crippen LogP contribution >= 0.6 is 0 Å². The van der Waals surface area contributed by atoms with Gasteiger partial charge in [0, 0.05) is 19.6 Å².